The van der Waals surface area contributed by atoms with Gasteiger partial charge in [-0.2, -0.15) is 4.31 Å². The molecule has 2 rings (SSSR count). The normalized spacial score (nSPS) is 27.3. The lowest BCUT2D eigenvalue weighted by atomic mass is 10.3. The van der Waals surface area contributed by atoms with E-state index in [-0.39, 0.29) is 11.8 Å². The fraction of sp³-hybridized carbons (Fsp3) is 0.900. The maximum atomic E-state index is 12.1. The average Bonchev–Trinajstić information content (AvgIpc) is 2.81. The largest absolute Gasteiger partial charge is 0.343 e. The number of amides is 1. The van der Waals surface area contributed by atoms with Gasteiger partial charge in [0.2, 0.25) is 16.4 Å². The fourth-order valence-corrected chi connectivity index (χ4v) is 4.07. The van der Waals surface area contributed by atoms with E-state index in [1.165, 1.54) is 4.31 Å². The molecule has 98 valence electrons. The van der Waals surface area contributed by atoms with Gasteiger partial charge in [0.15, 0.2) is 0 Å². The Balaban J connectivity index is 1.89. The molecule has 0 saturated carbocycles. The van der Waals surface area contributed by atoms with Crippen molar-refractivity contribution in [3.05, 3.63) is 0 Å². The number of nitrogens with zero attached hydrogens (tertiary/aromatic N) is 2. The first-order chi connectivity index (χ1) is 8.12. The van der Waals surface area contributed by atoms with Crippen LogP contribution in [0.3, 0.4) is 0 Å². The third-order valence-corrected chi connectivity index (χ3v) is 5.37. The Morgan fingerprint density at radius 2 is 1.94 bits per heavy atom. The first-order valence-electron chi connectivity index (χ1n) is 6.02. The zero-order valence-electron chi connectivity index (χ0n) is 9.84. The Morgan fingerprint density at radius 3 is 2.47 bits per heavy atom. The van der Waals surface area contributed by atoms with E-state index in [1.54, 1.807) is 4.90 Å². The minimum atomic E-state index is -3.17. The molecule has 0 aromatic rings. The van der Waals surface area contributed by atoms with Gasteiger partial charge in [-0.1, -0.05) is 0 Å². The molecule has 2 saturated heterocycles. The van der Waals surface area contributed by atoms with E-state index < -0.39 is 10.0 Å². The maximum Gasteiger partial charge on any atom is 0.215 e. The molecule has 17 heavy (non-hydrogen) atoms. The Hall–Kier alpha value is -0.660. The molecular weight excluding hydrogens is 242 g/mol. The van der Waals surface area contributed by atoms with Crippen LogP contribution in [-0.2, 0) is 14.8 Å². The third kappa shape index (κ3) is 3.17. The van der Waals surface area contributed by atoms with Crippen molar-refractivity contribution in [1.82, 2.24) is 14.5 Å². The Kier molecular flexibility index (Phi) is 4.01. The molecule has 2 aliphatic heterocycles. The minimum Gasteiger partial charge on any atom is -0.343 e. The Morgan fingerprint density at radius 1 is 1.24 bits per heavy atom. The van der Waals surface area contributed by atoms with E-state index in [2.05, 4.69) is 5.32 Å². The highest BCUT2D eigenvalue weighted by Crippen LogP contribution is 2.12. The highest BCUT2D eigenvalue weighted by Gasteiger charge is 2.29. The smallest absolute Gasteiger partial charge is 0.215 e. The van der Waals surface area contributed by atoms with E-state index in [9.17, 15) is 13.2 Å². The van der Waals surface area contributed by atoms with E-state index in [0.29, 0.717) is 26.2 Å². The topological polar surface area (TPSA) is 69.7 Å². The van der Waals surface area contributed by atoms with Crippen LogP contribution in [0.25, 0.3) is 0 Å². The van der Waals surface area contributed by atoms with Gasteiger partial charge in [0.1, 0.15) is 0 Å². The predicted molar refractivity (Wildman–Crippen MR) is 64.0 cm³/mol. The molecule has 2 fully saturated rings. The van der Waals surface area contributed by atoms with Gasteiger partial charge < -0.3 is 10.2 Å². The van der Waals surface area contributed by atoms with Crippen molar-refractivity contribution in [3.63, 3.8) is 0 Å². The molecule has 1 amide bonds. The fourth-order valence-electron chi connectivity index (χ4n) is 2.35. The van der Waals surface area contributed by atoms with Gasteiger partial charge in [-0.3, -0.25) is 4.79 Å². The molecular formula is C10H19N3O3S. The lowest BCUT2D eigenvalue weighted by molar-refractivity contribution is -0.119. The molecule has 2 heterocycles. The summed E-state index contributed by atoms with van der Waals surface area (Å²) in [4.78, 5) is 12.2. The van der Waals surface area contributed by atoms with Gasteiger partial charge in [0.05, 0.1) is 5.75 Å². The second-order valence-corrected chi connectivity index (χ2v) is 6.63. The molecule has 0 aromatic carbocycles. The van der Waals surface area contributed by atoms with Crippen molar-refractivity contribution < 1.29 is 13.2 Å². The van der Waals surface area contributed by atoms with Crippen LogP contribution in [0.2, 0.25) is 0 Å². The molecule has 1 N–H and O–H groups in total. The quantitative estimate of drug-likeness (QED) is 0.648. The van der Waals surface area contributed by atoms with E-state index in [0.717, 1.165) is 25.8 Å². The second-order valence-electron chi connectivity index (χ2n) is 4.61. The number of piperazine rings is 1. The molecule has 0 bridgehead atoms. The number of sulfonamides is 1. The van der Waals surface area contributed by atoms with Crippen LogP contribution < -0.4 is 5.32 Å². The van der Waals surface area contributed by atoms with Crippen LogP contribution >= 0.6 is 0 Å². The minimum absolute atomic E-state index is 0.101. The summed E-state index contributed by atoms with van der Waals surface area (Å²) < 4.78 is 25.7. The zero-order valence-corrected chi connectivity index (χ0v) is 10.7. The molecule has 0 aromatic heterocycles. The first kappa shape index (κ1) is 12.8. The van der Waals surface area contributed by atoms with Crippen LogP contribution in [0.4, 0.5) is 0 Å². The predicted octanol–water partition coefficient (Wildman–Crippen LogP) is -1.16. The van der Waals surface area contributed by atoms with Crippen LogP contribution in [0, 0.1) is 0 Å². The van der Waals surface area contributed by atoms with Crippen LogP contribution in [0.1, 0.15) is 12.8 Å². The SMILES string of the molecule is O=CN1CCN(S(=O)(=O)CC2CCCN2)CC1. The van der Waals surface area contributed by atoms with E-state index >= 15 is 0 Å². The summed E-state index contributed by atoms with van der Waals surface area (Å²) in [5, 5.41) is 3.20. The standard InChI is InChI=1S/C10H19N3O3S/c14-9-12-4-6-13(7-5-12)17(15,16)8-10-2-1-3-11-10/h9-11H,1-8H2. The highest BCUT2D eigenvalue weighted by molar-refractivity contribution is 7.89. The van der Waals surface area contributed by atoms with E-state index in [1.807, 2.05) is 0 Å². The van der Waals surface area contributed by atoms with Crippen molar-refractivity contribution in [3.8, 4) is 0 Å². The Bertz CT molecular complexity index is 357. The second kappa shape index (κ2) is 5.32. The van der Waals surface area contributed by atoms with Crippen molar-refractivity contribution >= 4 is 16.4 Å². The van der Waals surface area contributed by atoms with Crippen LogP contribution in [-0.4, -0.2) is 68.6 Å². The summed E-state index contributed by atoms with van der Waals surface area (Å²) in [5.74, 6) is 0.189. The molecule has 0 radical (unpaired) electrons. The highest BCUT2D eigenvalue weighted by atomic mass is 32.2. The molecule has 0 spiro atoms. The summed E-state index contributed by atoms with van der Waals surface area (Å²) in [6, 6.07) is 0.101. The average molecular weight is 261 g/mol. The molecule has 7 heteroatoms. The molecule has 2 aliphatic rings. The van der Waals surface area contributed by atoms with Crippen molar-refractivity contribution in [1.29, 1.82) is 0 Å². The first-order valence-corrected chi connectivity index (χ1v) is 7.63. The number of hydrogen-bond donors (Lipinski definition) is 1. The molecule has 0 aliphatic carbocycles. The number of carbonyl (C=O) groups excluding carboxylic acids is 1. The van der Waals surface area contributed by atoms with Gasteiger partial charge in [-0.25, -0.2) is 8.42 Å². The number of nitrogens with one attached hydrogen (secondary N) is 1. The number of hydrogen-bond acceptors (Lipinski definition) is 4. The lowest BCUT2D eigenvalue weighted by Crippen LogP contribution is -2.50. The van der Waals surface area contributed by atoms with Gasteiger partial charge in [0.25, 0.3) is 0 Å². The third-order valence-electron chi connectivity index (χ3n) is 3.39. The van der Waals surface area contributed by atoms with Crippen LogP contribution in [0.5, 0.6) is 0 Å². The lowest BCUT2D eigenvalue weighted by Gasteiger charge is -2.32. The zero-order chi connectivity index (χ0) is 12.3. The molecule has 1 atom stereocenters. The summed E-state index contributed by atoms with van der Waals surface area (Å²) in [6.07, 6.45) is 2.77. The van der Waals surface area contributed by atoms with Gasteiger partial charge >= 0.3 is 0 Å². The van der Waals surface area contributed by atoms with Gasteiger partial charge in [0, 0.05) is 32.2 Å². The van der Waals surface area contributed by atoms with Crippen molar-refractivity contribution in [2.75, 3.05) is 38.5 Å². The Labute approximate surface area is 102 Å². The molecule has 1 unspecified atom stereocenters. The van der Waals surface area contributed by atoms with Crippen molar-refractivity contribution in [2.24, 2.45) is 0 Å². The molecule has 6 nitrogen and oxygen atoms in total. The van der Waals surface area contributed by atoms with E-state index in [4.69, 9.17) is 0 Å². The van der Waals surface area contributed by atoms with Gasteiger partial charge in [-0.15, -0.1) is 0 Å². The summed E-state index contributed by atoms with van der Waals surface area (Å²) in [7, 11) is -3.17. The number of rotatable bonds is 4. The number of carbonyl (C=O) groups is 1. The van der Waals surface area contributed by atoms with Crippen LogP contribution in [0.15, 0.2) is 0 Å². The summed E-state index contributed by atoms with van der Waals surface area (Å²) in [5.41, 5.74) is 0. The monoisotopic (exact) mass is 261 g/mol. The summed E-state index contributed by atoms with van der Waals surface area (Å²) in [6.45, 7) is 2.77. The maximum absolute atomic E-state index is 12.1. The van der Waals surface area contributed by atoms with Crippen molar-refractivity contribution in [2.45, 2.75) is 18.9 Å². The summed E-state index contributed by atoms with van der Waals surface area (Å²) >= 11 is 0. The van der Waals surface area contributed by atoms with Gasteiger partial charge in [-0.05, 0) is 19.4 Å².